The van der Waals surface area contributed by atoms with Gasteiger partial charge in [0.25, 0.3) is 0 Å². The van der Waals surface area contributed by atoms with Crippen LogP contribution in [-0.2, 0) is 11.2 Å². The van der Waals surface area contributed by atoms with Crippen LogP contribution in [0.4, 0.5) is 0 Å². The third kappa shape index (κ3) is 3.30. The van der Waals surface area contributed by atoms with Crippen molar-refractivity contribution in [3.63, 3.8) is 0 Å². The molecule has 5 nitrogen and oxygen atoms in total. The van der Waals surface area contributed by atoms with Gasteiger partial charge in [-0.05, 0) is 33.0 Å². The number of aryl methyl sites for hydroxylation is 1. The maximum atomic E-state index is 10.4. The number of carboxylic acid groups (broad SMARTS) is 1. The minimum Gasteiger partial charge on any atom is -0.481 e. The summed E-state index contributed by atoms with van der Waals surface area (Å²) < 4.78 is 5.62. The molecule has 2 heterocycles. The second-order valence-corrected chi connectivity index (χ2v) is 4.64. The Labute approximate surface area is 100 Å². The maximum absolute atomic E-state index is 10.4. The first-order chi connectivity index (χ1) is 8.15. The van der Waals surface area contributed by atoms with Crippen LogP contribution in [0.1, 0.15) is 36.8 Å². The molecule has 0 saturated carbocycles. The van der Waals surface area contributed by atoms with Crippen molar-refractivity contribution >= 4 is 5.97 Å². The summed E-state index contributed by atoms with van der Waals surface area (Å²) in [6, 6.07) is 0. The predicted molar refractivity (Wildman–Crippen MR) is 61.9 cm³/mol. The molecule has 1 N–H and O–H groups in total. The third-order valence-electron chi connectivity index (χ3n) is 3.22. The number of hydrogen-bond donors (Lipinski definition) is 1. The molecule has 94 valence electrons. The average Bonchev–Trinajstić information content (AvgIpc) is 2.76. The van der Waals surface area contributed by atoms with Crippen LogP contribution in [0, 0.1) is 0 Å². The van der Waals surface area contributed by atoms with E-state index >= 15 is 0 Å². The van der Waals surface area contributed by atoms with E-state index in [0.29, 0.717) is 18.1 Å². The van der Waals surface area contributed by atoms with Crippen LogP contribution in [0.15, 0.2) is 10.6 Å². The van der Waals surface area contributed by atoms with E-state index < -0.39 is 5.97 Å². The highest BCUT2D eigenvalue weighted by atomic mass is 16.4. The van der Waals surface area contributed by atoms with E-state index in [0.717, 1.165) is 31.8 Å². The van der Waals surface area contributed by atoms with Crippen LogP contribution in [0.2, 0.25) is 0 Å². The Morgan fingerprint density at radius 3 is 2.94 bits per heavy atom. The first-order valence-electron chi connectivity index (χ1n) is 6.00. The SMILES string of the molecule is CN1CCC(c2ncc(CCC(=O)O)o2)CC1. The predicted octanol–water partition coefficient (Wildman–Crippen LogP) is 1.50. The van der Waals surface area contributed by atoms with Gasteiger partial charge in [0.15, 0.2) is 5.89 Å². The molecule has 0 atom stereocenters. The number of carbonyl (C=O) groups is 1. The van der Waals surface area contributed by atoms with Crippen molar-refractivity contribution in [3.8, 4) is 0 Å². The Morgan fingerprint density at radius 1 is 1.59 bits per heavy atom. The summed E-state index contributed by atoms with van der Waals surface area (Å²) in [4.78, 5) is 17.0. The second-order valence-electron chi connectivity index (χ2n) is 4.64. The first-order valence-corrected chi connectivity index (χ1v) is 6.00. The molecular weight excluding hydrogens is 220 g/mol. The molecule has 1 aromatic heterocycles. The fourth-order valence-corrected chi connectivity index (χ4v) is 2.11. The molecular formula is C12H18N2O3. The molecule has 1 aliphatic rings. The van der Waals surface area contributed by atoms with Crippen molar-refractivity contribution in [3.05, 3.63) is 17.8 Å². The smallest absolute Gasteiger partial charge is 0.303 e. The second kappa shape index (κ2) is 5.31. The van der Waals surface area contributed by atoms with E-state index in [2.05, 4.69) is 16.9 Å². The van der Waals surface area contributed by atoms with Gasteiger partial charge in [-0.3, -0.25) is 4.79 Å². The maximum Gasteiger partial charge on any atom is 0.303 e. The zero-order chi connectivity index (χ0) is 12.3. The summed E-state index contributed by atoms with van der Waals surface area (Å²) in [6.45, 7) is 2.13. The zero-order valence-electron chi connectivity index (χ0n) is 10.1. The number of rotatable bonds is 4. The zero-order valence-corrected chi connectivity index (χ0v) is 10.1. The third-order valence-corrected chi connectivity index (χ3v) is 3.22. The number of nitrogens with zero attached hydrogens (tertiary/aromatic N) is 2. The number of hydrogen-bond acceptors (Lipinski definition) is 4. The van der Waals surface area contributed by atoms with Crippen LogP contribution in [-0.4, -0.2) is 41.1 Å². The molecule has 1 aromatic rings. The largest absolute Gasteiger partial charge is 0.481 e. The lowest BCUT2D eigenvalue weighted by Crippen LogP contribution is -2.29. The van der Waals surface area contributed by atoms with Crippen LogP contribution >= 0.6 is 0 Å². The highest BCUT2D eigenvalue weighted by molar-refractivity contribution is 5.66. The van der Waals surface area contributed by atoms with E-state index in [1.54, 1.807) is 6.20 Å². The highest BCUT2D eigenvalue weighted by Gasteiger charge is 2.22. The fourth-order valence-electron chi connectivity index (χ4n) is 2.11. The standard InChI is InChI=1S/C12H18N2O3/c1-14-6-4-9(5-7-14)12-13-8-10(17-12)2-3-11(15)16/h8-9H,2-7H2,1H3,(H,15,16). The number of piperidine rings is 1. The molecule has 0 radical (unpaired) electrons. The van der Waals surface area contributed by atoms with Crippen molar-refractivity contribution in [2.75, 3.05) is 20.1 Å². The molecule has 0 unspecified atom stereocenters. The molecule has 1 saturated heterocycles. The van der Waals surface area contributed by atoms with Crippen molar-refractivity contribution in [2.24, 2.45) is 0 Å². The van der Waals surface area contributed by atoms with Gasteiger partial charge in [0, 0.05) is 12.3 Å². The van der Waals surface area contributed by atoms with E-state index in [1.165, 1.54) is 0 Å². The lowest BCUT2D eigenvalue weighted by atomic mass is 9.97. The van der Waals surface area contributed by atoms with Gasteiger partial charge in [-0.1, -0.05) is 0 Å². The van der Waals surface area contributed by atoms with Gasteiger partial charge >= 0.3 is 5.97 Å². The molecule has 1 aliphatic heterocycles. The summed E-state index contributed by atoms with van der Waals surface area (Å²) in [6.07, 6.45) is 4.32. The first kappa shape index (κ1) is 12.1. The Hall–Kier alpha value is -1.36. The van der Waals surface area contributed by atoms with Crippen LogP contribution in [0.3, 0.4) is 0 Å². The summed E-state index contributed by atoms with van der Waals surface area (Å²) >= 11 is 0. The minimum absolute atomic E-state index is 0.0992. The van der Waals surface area contributed by atoms with E-state index in [9.17, 15) is 4.79 Å². The molecule has 2 rings (SSSR count). The molecule has 17 heavy (non-hydrogen) atoms. The molecule has 0 spiro atoms. The Morgan fingerprint density at radius 2 is 2.29 bits per heavy atom. The van der Waals surface area contributed by atoms with Gasteiger partial charge in [-0.15, -0.1) is 0 Å². The normalized spacial score (nSPS) is 18.4. The number of aliphatic carboxylic acids is 1. The van der Waals surface area contributed by atoms with Crippen LogP contribution < -0.4 is 0 Å². The molecule has 0 amide bonds. The summed E-state index contributed by atoms with van der Waals surface area (Å²) in [5.41, 5.74) is 0. The quantitative estimate of drug-likeness (QED) is 0.861. The van der Waals surface area contributed by atoms with E-state index in [-0.39, 0.29) is 6.42 Å². The van der Waals surface area contributed by atoms with Crippen LogP contribution in [0.25, 0.3) is 0 Å². The van der Waals surface area contributed by atoms with Gasteiger partial charge in [0.1, 0.15) is 5.76 Å². The lowest BCUT2D eigenvalue weighted by Gasteiger charge is -2.26. The monoisotopic (exact) mass is 238 g/mol. The molecule has 5 heteroatoms. The van der Waals surface area contributed by atoms with Gasteiger partial charge in [0.2, 0.25) is 0 Å². The number of aromatic nitrogens is 1. The Balaban J connectivity index is 1.91. The molecule has 0 bridgehead atoms. The van der Waals surface area contributed by atoms with Crippen molar-refractivity contribution in [1.29, 1.82) is 0 Å². The fraction of sp³-hybridized carbons (Fsp3) is 0.667. The van der Waals surface area contributed by atoms with Crippen molar-refractivity contribution < 1.29 is 14.3 Å². The van der Waals surface area contributed by atoms with E-state index in [4.69, 9.17) is 9.52 Å². The number of carboxylic acids is 1. The van der Waals surface area contributed by atoms with E-state index in [1.807, 2.05) is 0 Å². The Bertz CT molecular complexity index is 381. The highest BCUT2D eigenvalue weighted by Crippen LogP contribution is 2.27. The summed E-state index contributed by atoms with van der Waals surface area (Å²) in [5.74, 6) is 1.05. The van der Waals surface area contributed by atoms with Crippen LogP contribution in [0.5, 0.6) is 0 Å². The van der Waals surface area contributed by atoms with Gasteiger partial charge in [-0.25, -0.2) is 4.98 Å². The van der Waals surface area contributed by atoms with Gasteiger partial charge < -0.3 is 14.4 Å². The lowest BCUT2D eigenvalue weighted by molar-refractivity contribution is -0.137. The summed E-state index contributed by atoms with van der Waals surface area (Å²) in [5, 5.41) is 8.59. The topological polar surface area (TPSA) is 66.6 Å². The average molecular weight is 238 g/mol. The number of oxazole rings is 1. The van der Waals surface area contributed by atoms with Gasteiger partial charge in [0.05, 0.1) is 12.6 Å². The minimum atomic E-state index is -0.803. The Kier molecular flexibility index (Phi) is 3.78. The molecule has 0 aromatic carbocycles. The molecule has 1 fully saturated rings. The number of likely N-dealkylation sites (tertiary alicyclic amines) is 1. The van der Waals surface area contributed by atoms with Gasteiger partial charge in [-0.2, -0.15) is 0 Å². The van der Waals surface area contributed by atoms with Crippen molar-refractivity contribution in [2.45, 2.75) is 31.6 Å². The molecule has 0 aliphatic carbocycles. The van der Waals surface area contributed by atoms with Crippen molar-refractivity contribution in [1.82, 2.24) is 9.88 Å². The summed E-state index contributed by atoms with van der Waals surface area (Å²) in [7, 11) is 2.12.